The van der Waals surface area contributed by atoms with Gasteiger partial charge < -0.3 is 10.6 Å². The second kappa shape index (κ2) is 10.3. The maximum absolute atomic E-state index is 13.3. The van der Waals surface area contributed by atoms with E-state index >= 15 is 0 Å². The SMILES string of the molecule is CN=C(NCCc1nc(C)c(C)s1)NCc1cc(F)cc(Br)c1.I. The summed E-state index contributed by atoms with van der Waals surface area (Å²) in [5.41, 5.74) is 1.95. The fourth-order valence-electron chi connectivity index (χ4n) is 2.05. The number of hydrogen-bond acceptors (Lipinski definition) is 3. The lowest BCUT2D eigenvalue weighted by Gasteiger charge is -2.11. The molecule has 1 aromatic heterocycles. The summed E-state index contributed by atoms with van der Waals surface area (Å²) in [6, 6.07) is 4.82. The molecule has 0 saturated heterocycles. The molecule has 0 spiro atoms. The average molecular weight is 527 g/mol. The number of guanidine groups is 1. The smallest absolute Gasteiger partial charge is 0.191 e. The van der Waals surface area contributed by atoms with Crippen LogP contribution < -0.4 is 10.6 Å². The Balaban J connectivity index is 0.00000288. The topological polar surface area (TPSA) is 49.3 Å². The van der Waals surface area contributed by atoms with Crippen LogP contribution in [0.5, 0.6) is 0 Å². The van der Waals surface area contributed by atoms with Crippen LogP contribution in [0.4, 0.5) is 4.39 Å². The van der Waals surface area contributed by atoms with E-state index in [2.05, 4.69) is 43.5 Å². The molecule has 0 aliphatic rings. The third kappa shape index (κ3) is 6.64. The van der Waals surface area contributed by atoms with Crippen molar-refractivity contribution in [2.45, 2.75) is 26.8 Å². The first-order valence-electron chi connectivity index (χ1n) is 7.30. The molecule has 2 N–H and O–H groups in total. The lowest BCUT2D eigenvalue weighted by atomic mass is 10.2. The van der Waals surface area contributed by atoms with Gasteiger partial charge in [0.1, 0.15) is 5.82 Å². The third-order valence-electron chi connectivity index (χ3n) is 3.31. The summed E-state index contributed by atoms with van der Waals surface area (Å²) in [4.78, 5) is 9.95. The van der Waals surface area contributed by atoms with Crippen LogP contribution in [0.25, 0.3) is 0 Å². The first kappa shape index (κ1) is 21.3. The van der Waals surface area contributed by atoms with Crippen LogP contribution >= 0.6 is 51.2 Å². The molecule has 0 fully saturated rings. The van der Waals surface area contributed by atoms with Crippen LogP contribution in [0, 0.1) is 19.7 Å². The zero-order valence-corrected chi connectivity index (χ0v) is 18.6. The van der Waals surface area contributed by atoms with E-state index in [1.54, 1.807) is 18.4 Å². The van der Waals surface area contributed by atoms with Gasteiger partial charge in [0.05, 0.1) is 10.7 Å². The molecule has 2 rings (SSSR count). The second-order valence-corrected chi connectivity index (χ2v) is 7.33. The highest BCUT2D eigenvalue weighted by Gasteiger charge is 2.05. The van der Waals surface area contributed by atoms with Crippen molar-refractivity contribution in [2.24, 2.45) is 4.99 Å². The molecule has 0 saturated carbocycles. The highest BCUT2D eigenvalue weighted by Crippen LogP contribution is 2.16. The Bertz CT molecular complexity index is 666. The third-order valence-corrected chi connectivity index (χ3v) is 4.90. The summed E-state index contributed by atoms with van der Waals surface area (Å²) in [5.74, 6) is 0.434. The van der Waals surface area contributed by atoms with Gasteiger partial charge >= 0.3 is 0 Å². The Morgan fingerprint density at radius 2 is 2.04 bits per heavy atom. The lowest BCUT2D eigenvalue weighted by molar-refractivity contribution is 0.623. The summed E-state index contributed by atoms with van der Waals surface area (Å²) in [6.07, 6.45) is 0.853. The van der Waals surface area contributed by atoms with E-state index in [1.807, 2.05) is 13.0 Å². The van der Waals surface area contributed by atoms with E-state index < -0.39 is 0 Å². The van der Waals surface area contributed by atoms with E-state index in [-0.39, 0.29) is 29.8 Å². The van der Waals surface area contributed by atoms with Crippen LogP contribution in [0.1, 0.15) is 21.1 Å². The quantitative estimate of drug-likeness (QED) is 0.349. The molecule has 8 heteroatoms. The number of aryl methyl sites for hydroxylation is 2. The summed E-state index contributed by atoms with van der Waals surface area (Å²) in [6.45, 7) is 5.37. The first-order chi connectivity index (χ1) is 11.0. The normalized spacial score (nSPS) is 11.1. The molecule has 0 aliphatic carbocycles. The predicted molar refractivity (Wildman–Crippen MR) is 113 cm³/mol. The number of aromatic nitrogens is 1. The summed E-state index contributed by atoms with van der Waals surface area (Å²) < 4.78 is 14.1. The van der Waals surface area contributed by atoms with E-state index in [4.69, 9.17) is 0 Å². The minimum atomic E-state index is -0.256. The van der Waals surface area contributed by atoms with Gasteiger partial charge in [0, 0.05) is 35.9 Å². The number of rotatable bonds is 5. The highest BCUT2D eigenvalue weighted by atomic mass is 127. The molecule has 0 atom stereocenters. The van der Waals surface area contributed by atoms with Crippen molar-refractivity contribution in [3.05, 3.63) is 49.6 Å². The van der Waals surface area contributed by atoms with Gasteiger partial charge in [-0.3, -0.25) is 4.99 Å². The zero-order valence-electron chi connectivity index (χ0n) is 13.8. The van der Waals surface area contributed by atoms with Gasteiger partial charge in [0.25, 0.3) is 0 Å². The number of hydrogen-bond donors (Lipinski definition) is 2. The Morgan fingerprint density at radius 1 is 1.29 bits per heavy atom. The van der Waals surface area contributed by atoms with Gasteiger partial charge in [-0.2, -0.15) is 0 Å². The molecule has 24 heavy (non-hydrogen) atoms. The largest absolute Gasteiger partial charge is 0.356 e. The first-order valence-corrected chi connectivity index (χ1v) is 8.91. The van der Waals surface area contributed by atoms with Gasteiger partial charge in [-0.15, -0.1) is 35.3 Å². The van der Waals surface area contributed by atoms with Gasteiger partial charge in [-0.05, 0) is 37.6 Å². The number of nitrogens with zero attached hydrogens (tertiary/aromatic N) is 2. The van der Waals surface area contributed by atoms with E-state index in [9.17, 15) is 4.39 Å². The van der Waals surface area contributed by atoms with Crippen molar-refractivity contribution < 1.29 is 4.39 Å². The van der Waals surface area contributed by atoms with Crippen LogP contribution in [-0.2, 0) is 13.0 Å². The molecule has 0 amide bonds. The van der Waals surface area contributed by atoms with Crippen molar-refractivity contribution in [3.8, 4) is 0 Å². The van der Waals surface area contributed by atoms with Crippen molar-refractivity contribution in [2.75, 3.05) is 13.6 Å². The number of nitrogens with one attached hydrogen (secondary N) is 2. The Labute approximate surface area is 171 Å². The molecular formula is C16H21BrFIN4S. The Morgan fingerprint density at radius 3 is 2.62 bits per heavy atom. The lowest BCUT2D eigenvalue weighted by Crippen LogP contribution is -2.37. The molecule has 0 aliphatic heterocycles. The minimum Gasteiger partial charge on any atom is -0.356 e. The maximum atomic E-state index is 13.3. The van der Waals surface area contributed by atoms with Crippen molar-refractivity contribution >= 4 is 57.2 Å². The maximum Gasteiger partial charge on any atom is 0.191 e. The van der Waals surface area contributed by atoms with E-state index in [1.165, 1.54) is 17.0 Å². The standard InChI is InChI=1S/C16H20BrFN4S.HI/c1-10-11(2)23-15(22-10)4-5-20-16(19-3)21-9-12-6-13(17)8-14(18)7-12;/h6-8H,4-5,9H2,1-3H3,(H2,19,20,21);1H. The van der Waals surface area contributed by atoms with E-state index in [0.717, 1.165) is 33.7 Å². The molecule has 0 unspecified atom stereocenters. The summed E-state index contributed by atoms with van der Waals surface area (Å²) in [7, 11) is 1.72. The number of aliphatic imine (C=N–C) groups is 1. The monoisotopic (exact) mass is 526 g/mol. The molecule has 0 radical (unpaired) electrons. The molecule has 2 aromatic rings. The molecule has 1 heterocycles. The number of benzene rings is 1. The molecule has 132 valence electrons. The zero-order chi connectivity index (χ0) is 16.8. The van der Waals surface area contributed by atoms with Crippen LogP contribution in [-0.4, -0.2) is 24.5 Å². The average Bonchev–Trinajstić information content (AvgIpc) is 2.80. The fourth-order valence-corrected chi connectivity index (χ4v) is 3.50. The Kier molecular flexibility index (Phi) is 9.14. The predicted octanol–water partition coefficient (Wildman–Crippen LogP) is 4.19. The van der Waals surface area contributed by atoms with Crippen molar-refractivity contribution in [1.82, 2.24) is 15.6 Å². The van der Waals surface area contributed by atoms with Gasteiger partial charge in [-0.1, -0.05) is 15.9 Å². The van der Waals surface area contributed by atoms with Crippen molar-refractivity contribution in [1.29, 1.82) is 0 Å². The summed E-state index contributed by atoms with van der Waals surface area (Å²) >= 11 is 5.02. The number of halogens is 3. The van der Waals surface area contributed by atoms with Gasteiger partial charge in [-0.25, -0.2) is 9.37 Å². The van der Waals surface area contributed by atoms with E-state index in [0.29, 0.717) is 12.5 Å². The van der Waals surface area contributed by atoms with Crippen LogP contribution in [0.2, 0.25) is 0 Å². The number of thiazole rings is 1. The fraction of sp³-hybridized carbons (Fsp3) is 0.375. The molecule has 0 bridgehead atoms. The van der Waals surface area contributed by atoms with Gasteiger partial charge in [0.2, 0.25) is 0 Å². The highest BCUT2D eigenvalue weighted by molar-refractivity contribution is 14.0. The summed E-state index contributed by atoms with van der Waals surface area (Å²) in [5, 5.41) is 7.55. The van der Waals surface area contributed by atoms with Crippen molar-refractivity contribution in [3.63, 3.8) is 0 Å². The van der Waals surface area contributed by atoms with Crippen LogP contribution in [0.15, 0.2) is 27.7 Å². The molecular weight excluding hydrogens is 506 g/mol. The second-order valence-electron chi connectivity index (χ2n) is 5.13. The van der Waals surface area contributed by atoms with Crippen LogP contribution in [0.3, 0.4) is 0 Å². The minimum absolute atomic E-state index is 0. The molecule has 4 nitrogen and oxygen atoms in total. The van der Waals surface area contributed by atoms with Gasteiger partial charge in [0.15, 0.2) is 5.96 Å². The Hall–Kier alpha value is -0.740. The molecule has 1 aromatic carbocycles.